The molecule has 3 nitrogen and oxygen atoms in total. The van der Waals surface area contributed by atoms with Crippen molar-refractivity contribution in [3.05, 3.63) is 96.1 Å². The largest absolute Gasteiger partial charge is 0.507 e. The minimum absolute atomic E-state index is 0.138. The number of carbonyl (C=O) groups is 2. The van der Waals surface area contributed by atoms with Crippen LogP contribution in [0, 0.1) is 0 Å². The average molecular weight is 352 g/mol. The Hall–Kier alpha value is -3.72. The topological polar surface area (TPSA) is 54.4 Å². The molecule has 0 saturated heterocycles. The number of rotatable bonds is 3. The van der Waals surface area contributed by atoms with Gasteiger partial charge in [-0.15, -0.1) is 0 Å². The number of allylic oxidation sites excluding steroid dienone is 3. The van der Waals surface area contributed by atoms with Crippen LogP contribution in [-0.2, 0) is 9.59 Å². The van der Waals surface area contributed by atoms with Gasteiger partial charge in [-0.25, -0.2) is 0 Å². The highest BCUT2D eigenvalue weighted by molar-refractivity contribution is 6.35. The molecule has 0 radical (unpaired) electrons. The molecular formula is C24H16O3. The van der Waals surface area contributed by atoms with Crippen molar-refractivity contribution in [1.29, 1.82) is 0 Å². The summed E-state index contributed by atoms with van der Waals surface area (Å²) in [6.45, 7) is 0. The van der Waals surface area contributed by atoms with E-state index in [1.165, 1.54) is 12.2 Å². The molecule has 1 aliphatic rings. The fourth-order valence-corrected chi connectivity index (χ4v) is 3.18. The summed E-state index contributed by atoms with van der Waals surface area (Å²) in [4.78, 5) is 23.9. The summed E-state index contributed by atoms with van der Waals surface area (Å²) in [7, 11) is 0. The van der Waals surface area contributed by atoms with Crippen molar-refractivity contribution >= 4 is 17.6 Å². The molecule has 0 spiro atoms. The van der Waals surface area contributed by atoms with Gasteiger partial charge in [-0.1, -0.05) is 60.7 Å². The molecule has 0 atom stereocenters. The lowest BCUT2D eigenvalue weighted by Crippen LogP contribution is -2.00. The van der Waals surface area contributed by atoms with Gasteiger partial charge in [0.2, 0.25) is 0 Å². The summed E-state index contributed by atoms with van der Waals surface area (Å²) in [6, 6.07) is 22.6. The molecule has 0 heterocycles. The second-order valence-corrected chi connectivity index (χ2v) is 6.32. The number of aromatic hydroxyl groups is 1. The lowest BCUT2D eigenvalue weighted by atomic mass is 9.93. The van der Waals surface area contributed by atoms with E-state index in [1.54, 1.807) is 18.2 Å². The zero-order valence-electron chi connectivity index (χ0n) is 14.4. The third-order valence-corrected chi connectivity index (χ3v) is 4.53. The Morgan fingerprint density at radius 2 is 1.11 bits per heavy atom. The molecular weight excluding hydrogens is 336 g/mol. The molecule has 0 aromatic heterocycles. The van der Waals surface area contributed by atoms with Crippen LogP contribution in [0.5, 0.6) is 5.75 Å². The van der Waals surface area contributed by atoms with Gasteiger partial charge < -0.3 is 5.11 Å². The average Bonchev–Trinajstić information content (AvgIpc) is 3.02. The molecule has 3 aromatic carbocycles. The van der Waals surface area contributed by atoms with Crippen molar-refractivity contribution in [2.75, 3.05) is 0 Å². The zero-order chi connectivity index (χ0) is 18.8. The van der Waals surface area contributed by atoms with E-state index in [0.29, 0.717) is 16.7 Å². The first-order chi connectivity index (χ1) is 13.1. The Morgan fingerprint density at radius 3 is 1.56 bits per heavy atom. The maximum atomic E-state index is 11.9. The molecule has 3 aromatic rings. The van der Waals surface area contributed by atoms with Gasteiger partial charge in [0.1, 0.15) is 5.75 Å². The number of phenols is 1. The number of ketones is 2. The number of carbonyl (C=O) groups excluding carboxylic acids is 2. The molecule has 0 aliphatic heterocycles. The Bertz CT molecular complexity index is 1010. The van der Waals surface area contributed by atoms with Crippen LogP contribution in [0.3, 0.4) is 0 Å². The van der Waals surface area contributed by atoms with E-state index in [4.69, 9.17) is 0 Å². The molecule has 130 valence electrons. The summed E-state index contributed by atoms with van der Waals surface area (Å²) in [5.74, 6) is -0.428. The minimum atomic E-state index is -0.296. The van der Waals surface area contributed by atoms with Crippen LogP contribution >= 0.6 is 0 Å². The summed E-state index contributed by atoms with van der Waals surface area (Å²) < 4.78 is 0. The summed E-state index contributed by atoms with van der Waals surface area (Å²) in [5, 5.41) is 10.9. The molecule has 0 amide bonds. The van der Waals surface area contributed by atoms with Gasteiger partial charge in [-0.05, 0) is 47.1 Å². The highest BCUT2D eigenvalue weighted by atomic mass is 16.3. The molecule has 27 heavy (non-hydrogen) atoms. The van der Waals surface area contributed by atoms with E-state index >= 15 is 0 Å². The monoisotopic (exact) mass is 352 g/mol. The quantitative estimate of drug-likeness (QED) is 0.543. The Kier molecular flexibility index (Phi) is 4.27. The fourth-order valence-electron chi connectivity index (χ4n) is 3.18. The van der Waals surface area contributed by atoms with Gasteiger partial charge in [0, 0.05) is 11.1 Å². The molecule has 3 heteroatoms. The van der Waals surface area contributed by atoms with Crippen molar-refractivity contribution in [3.8, 4) is 28.0 Å². The smallest absolute Gasteiger partial charge is 0.189 e. The van der Waals surface area contributed by atoms with Crippen LogP contribution < -0.4 is 0 Å². The van der Waals surface area contributed by atoms with Crippen LogP contribution in [0.1, 0.15) is 5.56 Å². The van der Waals surface area contributed by atoms with Crippen LogP contribution in [0.2, 0.25) is 0 Å². The van der Waals surface area contributed by atoms with Gasteiger partial charge >= 0.3 is 0 Å². The maximum Gasteiger partial charge on any atom is 0.189 e. The SMILES string of the molecule is O=C1C=CC(=O)C1=Cc1cc(-c2ccccc2)c(O)c(-c2ccccc2)c1. The Balaban J connectivity index is 1.94. The minimum Gasteiger partial charge on any atom is -0.507 e. The van der Waals surface area contributed by atoms with Crippen LogP contribution in [-0.4, -0.2) is 16.7 Å². The van der Waals surface area contributed by atoms with Crippen molar-refractivity contribution in [2.24, 2.45) is 0 Å². The molecule has 1 aliphatic carbocycles. The number of benzene rings is 3. The number of hydrogen-bond acceptors (Lipinski definition) is 3. The third kappa shape index (κ3) is 3.23. The van der Waals surface area contributed by atoms with E-state index < -0.39 is 0 Å². The summed E-state index contributed by atoms with van der Waals surface area (Å²) in [5.41, 5.74) is 3.83. The van der Waals surface area contributed by atoms with Gasteiger partial charge in [0.15, 0.2) is 11.6 Å². The second kappa shape index (κ2) is 6.89. The van der Waals surface area contributed by atoms with Gasteiger partial charge in [-0.2, -0.15) is 0 Å². The van der Waals surface area contributed by atoms with E-state index in [1.807, 2.05) is 60.7 Å². The highest BCUT2D eigenvalue weighted by Gasteiger charge is 2.21. The van der Waals surface area contributed by atoms with Crippen LogP contribution in [0.15, 0.2) is 90.5 Å². The van der Waals surface area contributed by atoms with Gasteiger partial charge in [0.05, 0.1) is 5.57 Å². The molecule has 4 rings (SSSR count). The fraction of sp³-hybridized carbons (Fsp3) is 0. The van der Waals surface area contributed by atoms with Gasteiger partial charge in [-0.3, -0.25) is 9.59 Å². The first kappa shape index (κ1) is 16.7. The van der Waals surface area contributed by atoms with Crippen molar-refractivity contribution < 1.29 is 14.7 Å². The predicted octanol–water partition coefficient (Wildman–Crippen LogP) is 4.82. The van der Waals surface area contributed by atoms with Gasteiger partial charge in [0.25, 0.3) is 0 Å². The molecule has 1 N–H and O–H groups in total. The van der Waals surface area contributed by atoms with E-state index in [2.05, 4.69) is 0 Å². The molecule has 0 saturated carbocycles. The van der Waals surface area contributed by atoms with E-state index in [9.17, 15) is 14.7 Å². The standard InChI is InChI=1S/C24H16O3/c25-22-11-12-23(26)21(22)15-16-13-19(17-7-3-1-4-8-17)24(27)20(14-16)18-9-5-2-6-10-18/h1-15,27H. The van der Waals surface area contributed by atoms with Crippen molar-refractivity contribution in [2.45, 2.75) is 0 Å². The van der Waals surface area contributed by atoms with Crippen LogP contribution in [0.25, 0.3) is 28.3 Å². The maximum absolute atomic E-state index is 11.9. The van der Waals surface area contributed by atoms with Crippen molar-refractivity contribution in [3.63, 3.8) is 0 Å². The molecule has 0 bridgehead atoms. The number of phenolic OH excluding ortho intramolecular Hbond substituents is 1. The van der Waals surface area contributed by atoms with E-state index in [0.717, 1.165) is 11.1 Å². The van der Waals surface area contributed by atoms with Crippen LogP contribution in [0.4, 0.5) is 0 Å². The van der Waals surface area contributed by atoms with Crippen molar-refractivity contribution in [1.82, 2.24) is 0 Å². The zero-order valence-corrected chi connectivity index (χ0v) is 14.4. The lowest BCUT2D eigenvalue weighted by molar-refractivity contribution is -0.115. The third-order valence-electron chi connectivity index (χ3n) is 4.53. The number of hydrogen-bond donors (Lipinski definition) is 1. The first-order valence-corrected chi connectivity index (χ1v) is 8.60. The first-order valence-electron chi connectivity index (χ1n) is 8.60. The summed E-state index contributed by atoms with van der Waals surface area (Å²) >= 11 is 0. The second-order valence-electron chi connectivity index (χ2n) is 6.32. The molecule has 0 fully saturated rings. The molecule has 0 unspecified atom stereocenters. The predicted molar refractivity (Wildman–Crippen MR) is 106 cm³/mol. The highest BCUT2D eigenvalue weighted by Crippen LogP contribution is 2.39. The Morgan fingerprint density at radius 1 is 0.667 bits per heavy atom. The Labute approximate surface area is 156 Å². The summed E-state index contributed by atoms with van der Waals surface area (Å²) in [6.07, 6.45) is 4.15. The normalized spacial score (nSPS) is 13.3. The van der Waals surface area contributed by atoms with E-state index in [-0.39, 0.29) is 22.9 Å². The lowest BCUT2D eigenvalue weighted by Gasteiger charge is -2.13.